The van der Waals surface area contributed by atoms with Crippen molar-refractivity contribution in [3.05, 3.63) is 51.8 Å². The van der Waals surface area contributed by atoms with E-state index in [2.05, 4.69) is 43.0 Å². The third kappa shape index (κ3) is 3.60. The lowest BCUT2D eigenvalue weighted by Gasteiger charge is -2.03. The highest BCUT2D eigenvalue weighted by Gasteiger charge is 2.02. The standard InChI is InChI=1S/C13H14BrN3/c1-9-15-10(2)17-13(16-9)7-6-11-4-3-5-12(14)8-11/h3-5,8H,6-7H2,1-2H3. The second-order valence-electron chi connectivity index (χ2n) is 3.98. The molecule has 0 aliphatic heterocycles. The maximum Gasteiger partial charge on any atom is 0.132 e. The minimum Gasteiger partial charge on any atom is -0.219 e. The van der Waals surface area contributed by atoms with Crippen LogP contribution < -0.4 is 0 Å². The number of aromatic nitrogens is 3. The summed E-state index contributed by atoms with van der Waals surface area (Å²) in [6.07, 6.45) is 1.79. The van der Waals surface area contributed by atoms with Crippen molar-refractivity contribution in [1.82, 2.24) is 15.0 Å². The first-order chi connectivity index (χ1) is 8.13. The van der Waals surface area contributed by atoms with E-state index in [1.165, 1.54) is 5.56 Å². The summed E-state index contributed by atoms with van der Waals surface area (Å²) in [7, 11) is 0. The Morgan fingerprint density at radius 1 is 1.00 bits per heavy atom. The lowest BCUT2D eigenvalue weighted by Crippen LogP contribution is -2.04. The van der Waals surface area contributed by atoms with Gasteiger partial charge >= 0.3 is 0 Å². The van der Waals surface area contributed by atoms with Gasteiger partial charge in [0.25, 0.3) is 0 Å². The Balaban J connectivity index is 2.07. The fraction of sp³-hybridized carbons (Fsp3) is 0.308. The fourth-order valence-corrected chi connectivity index (χ4v) is 2.19. The molecule has 0 saturated heterocycles. The van der Waals surface area contributed by atoms with Gasteiger partial charge in [0.05, 0.1) is 0 Å². The largest absolute Gasteiger partial charge is 0.219 e. The van der Waals surface area contributed by atoms with Crippen LogP contribution in [0, 0.1) is 13.8 Å². The van der Waals surface area contributed by atoms with E-state index in [0.29, 0.717) is 0 Å². The van der Waals surface area contributed by atoms with Crippen LogP contribution in [0.1, 0.15) is 23.0 Å². The summed E-state index contributed by atoms with van der Waals surface area (Å²) < 4.78 is 1.11. The summed E-state index contributed by atoms with van der Waals surface area (Å²) in [5, 5.41) is 0. The molecule has 2 rings (SSSR count). The van der Waals surface area contributed by atoms with E-state index in [9.17, 15) is 0 Å². The van der Waals surface area contributed by atoms with Gasteiger partial charge < -0.3 is 0 Å². The average Bonchev–Trinajstić information content (AvgIpc) is 2.25. The molecule has 0 N–H and O–H groups in total. The van der Waals surface area contributed by atoms with Gasteiger partial charge in [-0.1, -0.05) is 28.1 Å². The topological polar surface area (TPSA) is 38.7 Å². The van der Waals surface area contributed by atoms with Crippen LogP contribution >= 0.6 is 15.9 Å². The normalized spacial score (nSPS) is 10.5. The maximum absolute atomic E-state index is 4.34. The SMILES string of the molecule is Cc1nc(C)nc(CCc2cccc(Br)c2)n1. The first-order valence-corrected chi connectivity index (χ1v) is 6.35. The predicted molar refractivity (Wildman–Crippen MR) is 70.9 cm³/mol. The Kier molecular flexibility index (Phi) is 3.84. The molecular weight excluding hydrogens is 278 g/mol. The third-order valence-electron chi connectivity index (χ3n) is 2.43. The predicted octanol–water partition coefficient (Wildman–Crippen LogP) is 3.04. The van der Waals surface area contributed by atoms with Crippen molar-refractivity contribution in [2.24, 2.45) is 0 Å². The first kappa shape index (κ1) is 12.2. The molecule has 0 bridgehead atoms. The van der Waals surface area contributed by atoms with Crippen LogP contribution in [0.15, 0.2) is 28.7 Å². The van der Waals surface area contributed by atoms with Crippen molar-refractivity contribution in [3.63, 3.8) is 0 Å². The number of nitrogens with zero attached hydrogens (tertiary/aromatic N) is 3. The van der Waals surface area contributed by atoms with E-state index in [1.54, 1.807) is 0 Å². The number of benzene rings is 1. The van der Waals surface area contributed by atoms with Gasteiger partial charge in [-0.25, -0.2) is 15.0 Å². The zero-order valence-corrected chi connectivity index (χ0v) is 11.5. The lowest BCUT2D eigenvalue weighted by atomic mass is 10.1. The molecule has 0 aliphatic rings. The molecule has 1 aromatic heterocycles. The van der Waals surface area contributed by atoms with Gasteiger partial charge in [-0.15, -0.1) is 0 Å². The monoisotopic (exact) mass is 291 g/mol. The van der Waals surface area contributed by atoms with E-state index in [4.69, 9.17) is 0 Å². The molecule has 0 radical (unpaired) electrons. The number of hydrogen-bond donors (Lipinski definition) is 0. The maximum atomic E-state index is 4.34. The van der Waals surface area contributed by atoms with Crippen molar-refractivity contribution < 1.29 is 0 Å². The number of halogens is 1. The highest BCUT2D eigenvalue weighted by atomic mass is 79.9. The van der Waals surface area contributed by atoms with E-state index in [1.807, 2.05) is 26.0 Å². The molecule has 2 aromatic rings. The van der Waals surface area contributed by atoms with Gasteiger partial charge in [0, 0.05) is 10.9 Å². The van der Waals surface area contributed by atoms with Crippen LogP contribution in [0.2, 0.25) is 0 Å². The van der Waals surface area contributed by atoms with Crippen molar-refractivity contribution in [2.45, 2.75) is 26.7 Å². The minimum atomic E-state index is 0.793. The van der Waals surface area contributed by atoms with Crippen molar-refractivity contribution in [2.75, 3.05) is 0 Å². The number of aryl methyl sites for hydroxylation is 4. The first-order valence-electron chi connectivity index (χ1n) is 5.56. The van der Waals surface area contributed by atoms with Crippen LogP contribution in [-0.2, 0) is 12.8 Å². The lowest BCUT2D eigenvalue weighted by molar-refractivity contribution is 0.793. The van der Waals surface area contributed by atoms with Crippen molar-refractivity contribution in [3.8, 4) is 0 Å². The van der Waals surface area contributed by atoms with E-state index in [-0.39, 0.29) is 0 Å². The fourth-order valence-electron chi connectivity index (χ4n) is 1.74. The smallest absolute Gasteiger partial charge is 0.132 e. The van der Waals surface area contributed by atoms with Crippen LogP contribution in [0.3, 0.4) is 0 Å². The Morgan fingerprint density at radius 3 is 2.35 bits per heavy atom. The molecule has 88 valence electrons. The molecule has 4 heteroatoms. The molecule has 0 fully saturated rings. The molecule has 3 nitrogen and oxygen atoms in total. The summed E-state index contributed by atoms with van der Waals surface area (Å²) in [6.45, 7) is 3.80. The average molecular weight is 292 g/mol. The second kappa shape index (κ2) is 5.36. The van der Waals surface area contributed by atoms with Gasteiger partial charge in [0.2, 0.25) is 0 Å². The Bertz CT molecular complexity index is 506. The molecule has 1 heterocycles. The molecule has 1 aromatic carbocycles. The highest BCUT2D eigenvalue weighted by Crippen LogP contribution is 2.13. The summed E-state index contributed by atoms with van der Waals surface area (Å²) in [5.74, 6) is 2.46. The molecule has 0 spiro atoms. The van der Waals surface area contributed by atoms with Gasteiger partial charge in [0.15, 0.2) is 0 Å². The van der Waals surface area contributed by atoms with E-state index >= 15 is 0 Å². The zero-order valence-electron chi connectivity index (χ0n) is 9.94. The van der Waals surface area contributed by atoms with Crippen LogP contribution in [0.4, 0.5) is 0 Å². The molecule has 0 aliphatic carbocycles. The third-order valence-corrected chi connectivity index (χ3v) is 2.92. The van der Waals surface area contributed by atoms with Crippen LogP contribution in [0.5, 0.6) is 0 Å². The Hall–Kier alpha value is -1.29. The molecule has 17 heavy (non-hydrogen) atoms. The van der Waals surface area contributed by atoms with Crippen molar-refractivity contribution in [1.29, 1.82) is 0 Å². The summed E-state index contributed by atoms with van der Waals surface area (Å²) in [6, 6.07) is 8.32. The van der Waals surface area contributed by atoms with Crippen LogP contribution in [-0.4, -0.2) is 15.0 Å². The van der Waals surface area contributed by atoms with Gasteiger partial charge in [0.1, 0.15) is 17.5 Å². The summed E-state index contributed by atoms with van der Waals surface area (Å²) in [4.78, 5) is 12.8. The van der Waals surface area contributed by atoms with E-state index in [0.717, 1.165) is 34.8 Å². The number of rotatable bonds is 3. The zero-order chi connectivity index (χ0) is 12.3. The van der Waals surface area contributed by atoms with E-state index < -0.39 is 0 Å². The van der Waals surface area contributed by atoms with Gasteiger partial charge in [-0.05, 0) is 38.0 Å². The Morgan fingerprint density at radius 2 is 1.71 bits per heavy atom. The molecule has 0 unspecified atom stereocenters. The second-order valence-corrected chi connectivity index (χ2v) is 4.89. The summed E-state index contributed by atoms with van der Waals surface area (Å²) in [5.41, 5.74) is 1.29. The molecule has 0 atom stereocenters. The highest BCUT2D eigenvalue weighted by molar-refractivity contribution is 9.10. The van der Waals surface area contributed by atoms with Crippen molar-refractivity contribution >= 4 is 15.9 Å². The number of hydrogen-bond acceptors (Lipinski definition) is 3. The summed E-state index contributed by atoms with van der Waals surface area (Å²) >= 11 is 3.47. The van der Waals surface area contributed by atoms with Gasteiger partial charge in [-0.2, -0.15) is 0 Å². The minimum absolute atomic E-state index is 0.793. The Labute approximate surface area is 109 Å². The molecule has 0 saturated carbocycles. The van der Waals surface area contributed by atoms with Gasteiger partial charge in [-0.3, -0.25) is 0 Å². The van der Waals surface area contributed by atoms with Crippen LogP contribution in [0.25, 0.3) is 0 Å². The molecular formula is C13H14BrN3. The quantitative estimate of drug-likeness (QED) is 0.872. The molecule has 0 amide bonds.